The van der Waals surface area contributed by atoms with E-state index in [0.717, 1.165) is 0 Å². The fourth-order valence-electron chi connectivity index (χ4n) is 1.96. The van der Waals surface area contributed by atoms with Gasteiger partial charge in [0, 0.05) is 30.2 Å². The van der Waals surface area contributed by atoms with E-state index in [4.69, 9.17) is 16.3 Å². The van der Waals surface area contributed by atoms with Crippen LogP contribution in [0.15, 0.2) is 30.3 Å². The smallest absolute Gasteiger partial charge is 0.259 e. The molecular weight excluding hydrogens is 321 g/mol. The van der Waals surface area contributed by atoms with Crippen LogP contribution in [-0.4, -0.2) is 36.6 Å². The topological polar surface area (TPSA) is 49.8 Å². The van der Waals surface area contributed by atoms with Crippen LogP contribution in [0.3, 0.4) is 0 Å². The maximum atomic E-state index is 14.1. The first-order chi connectivity index (χ1) is 10.8. The van der Waals surface area contributed by atoms with Crippen LogP contribution < -0.4 is 4.74 Å². The van der Waals surface area contributed by atoms with Crippen molar-refractivity contribution in [1.82, 2.24) is 4.90 Å². The first kappa shape index (κ1) is 17.1. The minimum atomic E-state index is -0.522. The van der Waals surface area contributed by atoms with Crippen LogP contribution in [0.2, 0.25) is 5.02 Å². The number of ether oxygens (including phenoxy) is 1. The number of phenolic OH excluding ortho intramolecular Hbond substituents is 1. The number of rotatable bonds is 4. The van der Waals surface area contributed by atoms with E-state index < -0.39 is 5.82 Å². The molecule has 0 spiro atoms. The van der Waals surface area contributed by atoms with Crippen molar-refractivity contribution in [3.63, 3.8) is 0 Å². The van der Waals surface area contributed by atoms with Crippen molar-refractivity contribution < 1.29 is 19.0 Å². The Bertz CT molecular complexity index is 747. The van der Waals surface area contributed by atoms with Crippen LogP contribution in [0.4, 0.5) is 4.39 Å². The average molecular weight is 338 g/mol. The average Bonchev–Trinajstić information content (AvgIpc) is 2.50. The van der Waals surface area contributed by atoms with Crippen LogP contribution in [0.5, 0.6) is 11.5 Å². The maximum absolute atomic E-state index is 14.1. The van der Waals surface area contributed by atoms with Gasteiger partial charge in [-0.05, 0) is 42.8 Å². The Balaban J connectivity index is 2.35. The summed E-state index contributed by atoms with van der Waals surface area (Å²) in [6.45, 7) is 1.59. The molecule has 0 aromatic heterocycles. The van der Waals surface area contributed by atoms with Crippen LogP contribution in [0.25, 0.3) is 11.1 Å². The fraction of sp³-hybridized carbons (Fsp3) is 0.235. The van der Waals surface area contributed by atoms with E-state index in [1.54, 1.807) is 21.0 Å². The molecule has 0 aliphatic rings. The molecule has 0 aliphatic carbocycles. The van der Waals surface area contributed by atoms with Crippen molar-refractivity contribution in [3.05, 3.63) is 46.7 Å². The highest BCUT2D eigenvalue weighted by Crippen LogP contribution is 2.36. The number of hydrogen-bond acceptors (Lipinski definition) is 3. The molecule has 0 saturated heterocycles. The molecule has 0 radical (unpaired) electrons. The Morgan fingerprint density at radius 3 is 2.61 bits per heavy atom. The van der Waals surface area contributed by atoms with Crippen molar-refractivity contribution in [2.24, 2.45) is 0 Å². The van der Waals surface area contributed by atoms with Crippen molar-refractivity contribution in [2.45, 2.75) is 6.92 Å². The largest absolute Gasteiger partial charge is 0.507 e. The molecular formula is C17H17ClFNO3. The molecule has 122 valence electrons. The van der Waals surface area contributed by atoms with Gasteiger partial charge in [0.2, 0.25) is 0 Å². The van der Waals surface area contributed by atoms with Crippen LogP contribution in [0, 0.1) is 12.7 Å². The van der Waals surface area contributed by atoms with E-state index in [-0.39, 0.29) is 29.4 Å². The Morgan fingerprint density at radius 2 is 1.96 bits per heavy atom. The number of hydrogen-bond donors (Lipinski definition) is 1. The number of amides is 1. The molecule has 4 nitrogen and oxygen atoms in total. The third-order valence-electron chi connectivity index (χ3n) is 3.37. The van der Waals surface area contributed by atoms with Gasteiger partial charge in [0.05, 0.1) is 0 Å². The van der Waals surface area contributed by atoms with Gasteiger partial charge in [-0.2, -0.15) is 0 Å². The molecule has 2 rings (SSSR count). The molecule has 0 aliphatic heterocycles. The van der Waals surface area contributed by atoms with E-state index in [9.17, 15) is 14.3 Å². The lowest BCUT2D eigenvalue weighted by Crippen LogP contribution is -2.27. The molecule has 0 saturated carbocycles. The highest BCUT2D eigenvalue weighted by atomic mass is 35.5. The minimum Gasteiger partial charge on any atom is -0.507 e. The third kappa shape index (κ3) is 3.93. The zero-order valence-corrected chi connectivity index (χ0v) is 13.8. The molecule has 0 bridgehead atoms. The van der Waals surface area contributed by atoms with Gasteiger partial charge in [-0.15, -0.1) is 0 Å². The molecule has 6 heteroatoms. The van der Waals surface area contributed by atoms with Crippen molar-refractivity contribution in [3.8, 4) is 22.6 Å². The molecule has 0 fully saturated rings. The number of likely N-dealkylation sites (N-methyl/N-ethyl adjacent to an activating group) is 1. The summed E-state index contributed by atoms with van der Waals surface area (Å²) in [6.07, 6.45) is 0. The van der Waals surface area contributed by atoms with Crippen LogP contribution in [0.1, 0.15) is 5.56 Å². The summed E-state index contributed by atoms with van der Waals surface area (Å²) >= 11 is 6.05. The van der Waals surface area contributed by atoms with E-state index in [1.165, 1.54) is 35.2 Å². The Labute approximate surface area is 139 Å². The predicted molar refractivity (Wildman–Crippen MR) is 87.4 cm³/mol. The summed E-state index contributed by atoms with van der Waals surface area (Å²) in [4.78, 5) is 12.9. The number of nitrogens with zero attached hydrogens (tertiary/aromatic N) is 1. The summed E-state index contributed by atoms with van der Waals surface area (Å²) in [7, 11) is 3.24. The van der Waals surface area contributed by atoms with E-state index in [2.05, 4.69) is 0 Å². The van der Waals surface area contributed by atoms with Gasteiger partial charge in [-0.3, -0.25) is 4.79 Å². The van der Waals surface area contributed by atoms with E-state index in [0.29, 0.717) is 16.3 Å². The summed E-state index contributed by atoms with van der Waals surface area (Å²) < 4.78 is 19.5. The van der Waals surface area contributed by atoms with Crippen LogP contribution in [-0.2, 0) is 4.79 Å². The lowest BCUT2D eigenvalue weighted by molar-refractivity contribution is -0.130. The number of aryl methyl sites for hydroxylation is 1. The first-order valence-corrected chi connectivity index (χ1v) is 7.29. The number of halogens is 2. The zero-order chi connectivity index (χ0) is 17.1. The first-order valence-electron chi connectivity index (χ1n) is 6.91. The van der Waals surface area contributed by atoms with E-state index in [1.807, 2.05) is 0 Å². The van der Waals surface area contributed by atoms with Crippen molar-refractivity contribution >= 4 is 17.5 Å². The monoisotopic (exact) mass is 337 g/mol. The summed E-state index contributed by atoms with van der Waals surface area (Å²) in [5.74, 6) is -0.483. The SMILES string of the molecule is Cc1cc(O)c(-c2cc(OCC(=O)N(C)C)ccc2F)cc1Cl. The molecule has 2 aromatic carbocycles. The standard InChI is InChI=1S/C17H17ClFNO3/c1-10-6-16(21)13(8-14(10)18)12-7-11(4-5-15(12)19)23-9-17(22)20(2)3/h4-8,21H,9H2,1-3H3. The maximum Gasteiger partial charge on any atom is 0.259 e. The van der Waals surface area contributed by atoms with Gasteiger partial charge in [-0.25, -0.2) is 4.39 Å². The molecule has 0 atom stereocenters. The highest BCUT2D eigenvalue weighted by molar-refractivity contribution is 6.31. The number of aromatic hydroxyl groups is 1. The van der Waals surface area contributed by atoms with Gasteiger partial charge in [0.1, 0.15) is 17.3 Å². The van der Waals surface area contributed by atoms with Gasteiger partial charge >= 0.3 is 0 Å². The Kier molecular flexibility index (Phi) is 5.11. The van der Waals surface area contributed by atoms with E-state index >= 15 is 0 Å². The lowest BCUT2D eigenvalue weighted by Gasteiger charge is -2.13. The Morgan fingerprint density at radius 1 is 1.26 bits per heavy atom. The second-order valence-corrected chi connectivity index (χ2v) is 5.74. The number of carbonyl (C=O) groups excluding carboxylic acids is 1. The highest BCUT2D eigenvalue weighted by Gasteiger charge is 2.14. The molecule has 2 aromatic rings. The zero-order valence-electron chi connectivity index (χ0n) is 13.1. The lowest BCUT2D eigenvalue weighted by atomic mass is 10.0. The molecule has 0 heterocycles. The van der Waals surface area contributed by atoms with Gasteiger partial charge in [-0.1, -0.05) is 11.6 Å². The molecule has 1 N–H and O–H groups in total. The second-order valence-electron chi connectivity index (χ2n) is 5.34. The van der Waals surface area contributed by atoms with Gasteiger partial charge in [0.25, 0.3) is 5.91 Å². The number of carbonyl (C=O) groups is 1. The second kappa shape index (κ2) is 6.87. The molecule has 1 amide bonds. The summed E-state index contributed by atoms with van der Waals surface area (Å²) in [5.41, 5.74) is 1.11. The quantitative estimate of drug-likeness (QED) is 0.927. The number of phenols is 1. The number of benzene rings is 2. The molecule has 0 unspecified atom stereocenters. The third-order valence-corrected chi connectivity index (χ3v) is 3.77. The normalized spacial score (nSPS) is 10.5. The molecule has 23 heavy (non-hydrogen) atoms. The van der Waals surface area contributed by atoms with Crippen molar-refractivity contribution in [1.29, 1.82) is 0 Å². The van der Waals surface area contributed by atoms with Gasteiger partial charge < -0.3 is 14.7 Å². The van der Waals surface area contributed by atoms with Crippen LogP contribution >= 0.6 is 11.6 Å². The fourth-order valence-corrected chi connectivity index (χ4v) is 2.12. The minimum absolute atomic E-state index is 0.0766. The summed E-state index contributed by atoms with van der Waals surface area (Å²) in [5, 5.41) is 10.5. The Hall–Kier alpha value is -2.27. The van der Waals surface area contributed by atoms with Gasteiger partial charge in [0.15, 0.2) is 6.61 Å². The summed E-state index contributed by atoms with van der Waals surface area (Å²) in [6, 6.07) is 7.05. The predicted octanol–water partition coefficient (Wildman–Crippen LogP) is 3.63. The van der Waals surface area contributed by atoms with Crippen molar-refractivity contribution in [2.75, 3.05) is 20.7 Å².